The van der Waals surface area contributed by atoms with Gasteiger partial charge in [0.1, 0.15) is 12.4 Å². The Kier molecular flexibility index (Phi) is 5.66. The fourth-order valence-corrected chi connectivity index (χ4v) is 3.18. The van der Waals surface area contributed by atoms with E-state index < -0.39 is 0 Å². The monoisotopic (exact) mass is 339 g/mol. The number of ether oxygens (including phenoxy) is 1. The Morgan fingerprint density at radius 1 is 1.32 bits per heavy atom. The molecule has 0 radical (unpaired) electrons. The fourth-order valence-electron chi connectivity index (χ4n) is 3.18. The molecule has 5 nitrogen and oxygen atoms in total. The topological polar surface area (TPSA) is 77.2 Å². The highest BCUT2D eigenvalue weighted by molar-refractivity contribution is 5.79. The second-order valence-electron chi connectivity index (χ2n) is 6.68. The van der Waals surface area contributed by atoms with E-state index in [2.05, 4.69) is 10.3 Å². The highest BCUT2D eigenvalue weighted by Crippen LogP contribution is 2.26. The first-order chi connectivity index (χ1) is 12.1. The van der Waals surface area contributed by atoms with Crippen LogP contribution in [0.5, 0.6) is 5.75 Å². The Hall–Kier alpha value is -2.40. The smallest absolute Gasteiger partial charge is 0.223 e. The molecular formula is C20H25N3O2. The average molecular weight is 339 g/mol. The van der Waals surface area contributed by atoms with Crippen LogP contribution in [-0.2, 0) is 11.4 Å². The molecule has 3 atom stereocenters. The lowest BCUT2D eigenvalue weighted by Gasteiger charge is -2.18. The second kappa shape index (κ2) is 8.12. The molecule has 1 heterocycles. The van der Waals surface area contributed by atoms with Crippen molar-refractivity contribution >= 4 is 5.91 Å². The normalized spacial score (nSPS) is 20.9. The van der Waals surface area contributed by atoms with Crippen molar-refractivity contribution in [2.75, 3.05) is 0 Å². The molecule has 0 spiro atoms. The summed E-state index contributed by atoms with van der Waals surface area (Å²) in [7, 11) is 0. The van der Waals surface area contributed by atoms with E-state index in [9.17, 15) is 4.79 Å². The Morgan fingerprint density at radius 3 is 2.92 bits per heavy atom. The van der Waals surface area contributed by atoms with E-state index in [1.165, 1.54) is 0 Å². The van der Waals surface area contributed by atoms with Crippen molar-refractivity contribution < 1.29 is 9.53 Å². The van der Waals surface area contributed by atoms with Crippen LogP contribution in [-0.4, -0.2) is 16.9 Å². The van der Waals surface area contributed by atoms with Crippen LogP contribution >= 0.6 is 0 Å². The number of carbonyl (C=O) groups excluding carboxylic acids is 1. The van der Waals surface area contributed by atoms with E-state index in [1.807, 2.05) is 49.4 Å². The Labute approximate surface area is 148 Å². The van der Waals surface area contributed by atoms with Crippen LogP contribution < -0.4 is 15.8 Å². The van der Waals surface area contributed by atoms with Gasteiger partial charge in [-0.05, 0) is 56.0 Å². The molecule has 1 aromatic carbocycles. The molecule has 25 heavy (non-hydrogen) atoms. The second-order valence-corrected chi connectivity index (χ2v) is 6.68. The minimum atomic E-state index is -0.0669. The number of hydrogen-bond acceptors (Lipinski definition) is 4. The van der Waals surface area contributed by atoms with Gasteiger partial charge in [-0.15, -0.1) is 0 Å². The fraction of sp³-hybridized carbons (Fsp3) is 0.400. The first kappa shape index (κ1) is 17.4. The highest BCUT2D eigenvalue weighted by Gasteiger charge is 2.28. The van der Waals surface area contributed by atoms with Crippen molar-refractivity contribution in [1.82, 2.24) is 10.3 Å². The maximum absolute atomic E-state index is 12.4. The molecule has 3 unspecified atom stereocenters. The maximum Gasteiger partial charge on any atom is 0.223 e. The van der Waals surface area contributed by atoms with E-state index in [1.54, 1.807) is 6.20 Å². The number of hydrogen-bond donors (Lipinski definition) is 2. The Balaban J connectivity index is 1.57. The van der Waals surface area contributed by atoms with Crippen molar-refractivity contribution in [1.29, 1.82) is 0 Å². The van der Waals surface area contributed by atoms with Gasteiger partial charge in [0.15, 0.2) is 0 Å². The Morgan fingerprint density at radius 2 is 2.20 bits per heavy atom. The van der Waals surface area contributed by atoms with E-state index in [0.717, 1.165) is 36.3 Å². The molecule has 1 amide bonds. The van der Waals surface area contributed by atoms with Crippen LogP contribution in [0.1, 0.15) is 43.5 Å². The SMILES string of the molecule is CC(NC(=O)C1CCC(N)C1)c1cccc(OCc2ccccn2)c1. The van der Waals surface area contributed by atoms with Crippen molar-refractivity contribution in [2.24, 2.45) is 11.7 Å². The third kappa shape index (κ3) is 4.79. The zero-order valence-corrected chi connectivity index (χ0v) is 14.5. The van der Waals surface area contributed by atoms with Gasteiger partial charge in [0.05, 0.1) is 11.7 Å². The largest absolute Gasteiger partial charge is 0.487 e. The summed E-state index contributed by atoms with van der Waals surface area (Å²) in [5.41, 5.74) is 7.81. The lowest BCUT2D eigenvalue weighted by molar-refractivity contribution is -0.125. The van der Waals surface area contributed by atoms with Crippen molar-refractivity contribution in [3.05, 3.63) is 59.9 Å². The number of amides is 1. The number of pyridine rings is 1. The molecule has 2 aromatic rings. The first-order valence-electron chi connectivity index (χ1n) is 8.80. The van der Waals surface area contributed by atoms with Crippen LogP contribution in [0.4, 0.5) is 0 Å². The zero-order valence-electron chi connectivity index (χ0n) is 14.5. The first-order valence-corrected chi connectivity index (χ1v) is 8.80. The molecule has 5 heteroatoms. The predicted molar refractivity (Wildman–Crippen MR) is 96.9 cm³/mol. The number of nitrogens with two attached hydrogens (primary N) is 1. The standard InChI is InChI=1S/C20H25N3O2/c1-14(23-20(24)16-8-9-17(21)11-16)15-5-4-7-19(12-15)25-13-18-6-2-3-10-22-18/h2-7,10,12,14,16-17H,8-9,11,13,21H2,1H3,(H,23,24). The van der Waals surface area contributed by atoms with Crippen LogP contribution in [0.15, 0.2) is 48.7 Å². The van der Waals surface area contributed by atoms with E-state index >= 15 is 0 Å². The highest BCUT2D eigenvalue weighted by atomic mass is 16.5. The number of benzene rings is 1. The molecule has 3 N–H and O–H groups in total. The van der Waals surface area contributed by atoms with E-state index in [-0.39, 0.29) is 23.9 Å². The van der Waals surface area contributed by atoms with E-state index in [4.69, 9.17) is 10.5 Å². The molecule has 1 saturated carbocycles. The molecule has 0 saturated heterocycles. The van der Waals surface area contributed by atoms with Gasteiger partial charge in [0.25, 0.3) is 0 Å². The summed E-state index contributed by atoms with van der Waals surface area (Å²) in [5, 5.41) is 3.10. The van der Waals surface area contributed by atoms with Crippen molar-refractivity contribution in [3.63, 3.8) is 0 Å². The predicted octanol–water partition coefficient (Wildman–Crippen LogP) is 2.97. The molecule has 1 fully saturated rings. The summed E-state index contributed by atoms with van der Waals surface area (Å²) in [5.74, 6) is 0.911. The van der Waals surface area contributed by atoms with Gasteiger partial charge >= 0.3 is 0 Å². The number of nitrogens with zero attached hydrogens (tertiary/aromatic N) is 1. The van der Waals surface area contributed by atoms with Crippen LogP contribution in [0.25, 0.3) is 0 Å². The molecule has 1 aliphatic rings. The minimum absolute atomic E-state index is 0.0426. The third-order valence-electron chi connectivity index (χ3n) is 4.67. The van der Waals surface area contributed by atoms with Gasteiger partial charge in [-0.3, -0.25) is 9.78 Å². The average Bonchev–Trinajstić information content (AvgIpc) is 3.08. The van der Waals surface area contributed by atoms with Crippen LogP contribution in [0.3, 0.4) is 0 Å². The third-order valence-corrected chi connectivity index (χ3v) is 4.67. The summed E-state index contributed by atoms with van der Waals surface area (Å²) in [6.45, 7) is 2.41. The summed E-state index contributed by atoms with van der Waals surface area (Å²) in [4.78, 5) is 16.6. The maximum atomic E-state index is 12.4. The van der Waals surface area contributed by atoms with Gasteiger partial charge < -0.3 is 15.8 Å². The lowest BCUT2D eigenvalue weighted by atomic mass is 10.0. The summed E-state index contributed by atoms with van der Waals surface area (Å²) < 4.78 is 5.81. The molecule has 1 aromatic heterocycles. The van der Waals surface area contributed by atoms with Crippen molar-refractivity contribution in [2.45, 2.75) is 44.9 Å². The molecule has 0 bridgehead atoms. The van der Waals surface area contributed by atoms with Gasteiger partial charge in [-0.1, -0.05) is 18.2 Å². The molecular weight excluding hydrogens is 314 g/mol. The Bertz CT molecular complexity index is 705. The molecule has 0 aliphatic heterocycles. The number of nitrogens with one attached hydrogen (secondary N) is 1. The minimum Gasteiger partial charge on any atom is -0.487 e. The van der Waals surface area contributed by atoms with Crippen molar-refractivity contribution in [3.8, 4) is 5.75 Å². The summed E-state index contributed by atoms with van der Waals surface area (Å²) in [6.07, 6.45) is 4.35. The van der Waals surface area contributed by atoms with E-state index in [0.29, 0.717) is 6.61 Å². The summed E-state index contributed by atoms with van der Waals surface area (Å²) in [6, 6.07) is 13.7. The molecule has 1 aliphatic carbocycles. The van der Waals surface area contributed by atoms with Gasteiger partial charge in [-0.25, -0.2) is 0 Å². The lowest BCUT2D eigenvalue weighted by Crippen LogP contribution is -2.32. The zero-order chi connectivity index (χ0) is 17.6. The van der Waals surface area contributed by atoms with Gasteiger partial charge in [0, 0.05) is 18.2 Å². The van der Waals surface area contributed by atoms with Gasteiger partial charge in [-0.2, -0.15) is 0 Å². The van der Waals surface area contributed by atoms with Crippen LogP contribution in [0, 0.1) is 5.92 Å². The number of carbonyl (C=O) groups is 1. The summed E-state index contributed by atoms with van der Waals surface area (Å²) >= 11 is 0. The quantitative estimate of drug-likeness (QED) is 0.848. The number of rotatable bonds is 6. The molecule has 132 valence electrons. The molecule has 3 rings (SSSR count). The number of aromatic nitrogens is 1. The van der Waals surface area contributed by atoms with Gasteiger partial charge in [0.2, 0.25) is 5.91 Å². The van der Waals surface area contributed by atoms with Crippen LogP contribution in [0.2, 0.25) is 0 Å².